The van der Waals surface area contributed by atoms with E-state index in [1.165, 1.54) is 0 Å². The first-order valence-electron chi connectivity index (χ1n) is 5.65. The van der Waals surface area contributed by atoms with Gasteiger partial charge in [-0.05, 0) is 25.5 Å². The summed E-state index contributed by atoms with van der Waals surface area (Å²) in [6, 6.07) is 1.78. The highest BCUT2D eigenvalue weighted by Gasteiger charge is 2.21. The van der Waals surface area contributed by atoms with Gasteiger partial charge in [0, 0.05) is 6.20 Å². The zero-order valence-electron chi connectivity index (χ0n) is 10.3. The van der Waals surface area contributed by atoms with E-state index in [9.17, 15) is 4.79 Å². The topological polar surface area (TPSA) is 78.3 Å². The van der Waals surface area contributed by atoms with Crippen LogP contribution >= 0.6 is 0 Å². The average Bonchev–Trinajstić information content (AvgIpc) is 2.65. The summed E-state index contributed by atoms with van der Waals surface area (Å²) in [5.74, 6) is -0.478. The number of esters is 1. The molecule has 0 saturated carbocycles. The first-order valence-corrected chi connectivity index (χ1v) is 5.65. The van der Waals surface area contributed by atoms with Gasteiger partial charge in [-0.2, -0.15) is 0 Å². The maximum Gasteiger partial charge on any atom is 0.345 e. The predicted molar refractivity (Wildman–Crippen MR) is 69.1 cm³/mol. The van der Waals surface area contributed by atoms with E-state index in [0.29, 0.717) is 11.1 Å². The normalized spacial score (nSPS) is 11.2. The van der Waals surface area contributed by atoms with Crippen molar-refractivity contribution in [3.05, 3.63) is 29.5 Å². The molecular weight excluding hydrogens is 232 g/mol. The number of carbonyl (C=O) groups is 1. The van der Waals surface area contributed by atoms with Gasteiger partial charge in [-0.3, -0.25) is 4.98 Å². The van der Waals surface area contributed by atoms with Crippen LogP contribution in [-0.2, 0) is 4.74 Å². The number of anilines is 1. The number of hydrogen-bond acceptors (Lipinski definition) is 5. The third-order valence-corrected chi connectivity index (χ3v) is 2.42. The second-order valence-electron chi connectivity index (χ2n) is 3.68. The van der Waals surface area contributed by atoms with Gasteiger partial charge >= 0.3 is 5.97 Å². The molecule has 0 spiro atoms. The molecule has 0 saturated heterocycles. The van der Waals surface area contributed by atoms with Crippen molar-refractivity contribution in [2.24, 2.45) is 0 Å². The minimum absolute atomic E-state index is 0.0357. The van der Waals surface area contributed by atoms with Crippen LogP contribution < -0.4 is 5.73 Å². The summed E-state index contributed by atoms with van der Waals surface area (Å²) in [6.45, 7) is 3.92. The Kier molecular flexibility index (Phi) is 3.32. The predicted octanol–water partition coefficient (Wildman–Crippen LogP) is 2.62. The highest BCUT2D eigenvalue weighted by Crippen LogP contribution is 2.27. The summed E-state index contributed by atoms with van der Waals surface area (Å²) in [5, 5.41) is 0. The molecule has 5 heteroatoms. The number of carbonyl (C=O) groups excluding carboxylic acids is 1. The molecule has 2 N–H and O–H groups in total. The zero-order chi connectivity index (χ0) is 13.1. The third kappa shape index (κ3) is 2.07. The molecule has 94 valence electrons. The van der Waals surface area contributed by atoms with Crippen LogP contribution in [0, 0.1) is 0 Å². The summed E-state index contributed by atoms with van der Waals surface area (Å²) < 4.78 is 10.3. The molecule has 0 aliphatic carbocycles. The largest absolute Gasteiger partial charge is 0.462 e. The molecule has 18 heavy (non-hydrogen) atoms. The first kappa shape index (κ1) is 12.2. The molecule has 0 radical (unpaired) electrons. The SMILES string of the molecule is C/C=C\c1cnc2c(C(=O)OCC)c(N)oc2c1. The Hall–Kier alpha value is -2.30. The van der Waals surface area contributed by atoms with E-state index in [1.54, 1.807) is 19.2 Å². The molecule has 0 fully saturated rings. The van der Waals surface area contributed by atoms with Crippen molar-refractivity contribution >= 4 is 29.0 Å². The van der Waals surface area contributed by atoms with E-state index in [1.807, 2.05) is 19.1 Å². The number of nitrogens with zero attached hydrogens (tertiary/aromatic N) is 1. The van der Waals surface area contributed by atoms with E-state index in [-0.39, 0.29) is 18.1 Å². The molecule has 2 aromatic heterocycles. The molecule has 2 rings (SSSR count). The number of allylic oxidation sites excluding steroid dienone is 1. The number of furan rings is 1. The summed E-state index contributed by atoms with van der Waals surface area (Å²) in [5.41, 5.74) is 7.67. The highest BCUT2D eigenvalue weighted by atomic mass is 16.5. The average molecular weight is 246 g/mol. The maximum absolute atomic E-state index is 11.7. The van der Waals surface area contributed by atoms with Crippen molar-refractivity contribution in [2.45, 2.75) is 13.8 Å². The number of aromatic nitrogens is 1. The minimum Gasteiger partial charge on any atom is -0.462 e. The number of pyridine rings is 1. The lowest BCUT2D eigenvalue weighted by atomic mass is 10.2. The Morgan fingerprint density at radius 1 is 1.61 bits per heavy atom. The molecule has 0 aliphatic rings. The molecule has 2 heterocycles. The van der Waals surface area contributed by atoms with Crippen LogP contribution in [0.4, 0.5) is 5.88 Å². The fourth-order valence-electron chi connectivity index (χ4n) is 1.70. The van der Waals surface area contributed by atoms with Crippen LogP contribution in [0.3, 0.4) is 0 Å². The molecule has 0 unspecified atom stereocenters. The summed E-state index contributed by atoms with van der Waals surface area (Å²) in [7, 11) is 0. The highest BCUT2D eigenvalue weighted by molar-refractivity contribution is 6.06. The molecule has 0 atom stereocenters. The quantitative estimate of drug-likeness (QED) is 0.842. The third-order valence-electron chi connectivity index (χ3n) is 2.42. The van der Waals surface area contributed by atoms with Crippen molar-refractivity contribution in [1.29, 1.82) is 0 Å². The van der Waals surface area contributed by atoms with Gasteiger partial charge < -0.3 is 14.9 Å². The Balaban J connectivity index is 2.55. The van der Waals surface area contributed by atoms with E-state index >= 15 is 0 Å². The van der Waals surface area contributed by atoms with Crippen molar-refractivity contribution in [1.82, 2.24) is 4.98 Å². The van der Waals surface area contributed by atoms with E-state index < -0.39 is 5.97 Å². The van der Waals surface area contributed by atoms with Gasteiger partial charge in [-0.25, -0.2) is 4.79 Å². The molecule has 5 nitrogen and oxygen atoms in total. The van der Waals surface area contributed by atoms with Gasteiger partial charge in [0.15, 0.2) is 5.58 Å². The Morgan fingerprint density at radius 3 is 3.06 bits per heavy atom. The lowest BCUT2D eigenvalue weighted by molar-refractivity contribution is 0.0529. The fraction of sp³-hybridized carbons (Fsp3) is 0.231. The lowest BCUT2D eigenvalue weighted by Gasteiger charge is -1.99. The van der Waals surface area contributed by atoms with Crippen LogP contribution in [0.25, 0.3) is 17.2 Å². The monoisotopic (exact) mass is 246 g/mol. The number of nitrogens with two attached hydrogens (primary N) is 1. The number of rotatable bonds is 3. The second kappa shape index (κ2) is 4.91. The molecule has 0 bridgehead atoms. The zero-order valence-corrected chi connectivity index (χ0v) is 10.3. The van der Waals surface area contributed by atoms with Crippen LogP contribution in [0.5, 0.6) is 0 Å². The fourth-order valence-corrected chi connectivity index (χ4v) is 1.70. The number of ether oxygens (including phenoxy) is 1. The number of fused-ring (bicyclic) bond motifs is 1. The number of hydrogen-bond donors (Lipinski definition) is 1. The second-order valence-corrected chi connectivity index (χ2v) is 3.68. The van der Waals surface area contributed by atoms with Crippen molar-refractivity contribution in [3.8, 4) is 0 Å². The van der Waals surface area contributed by atoms with Crippen molar-refractivity contribution < 1.29 is 13.9 Å². The van der Waals surface area contributed by atoms with E-state index in [0.717, 1.165) is 5.56 Å². The van der Waals surface area contributed by atoms with Crippen LogP contribution in [-0.4, -0.2) is 17.6 Å². The van der Waals surface area contributed by atoms with Crippen LogP contribution in [0.15, 0.2) is 22.8 Å². The van der Waals surface area contributed by atoms with E-state index in [2.05, 4.69) is 4.98 Å². The van der Waals surface area contributed by atoms with Crippen molar-refractivity contribution in [2.75, 3.05) is 12.3 Å². The number of nitrogen functional groups attached to an aromatic ring is 1. The summed E-state index contributed by atoms with van der Waals surface area (Å²) >= 11 is 0. The van der Waals surface area contributed by atoms with E-state index in [4.69, 9.17) is 14.9 Å². The molecular formula is C13H14N2O3. The summed E-state index contributed by atoms with van der Waals surface area (Å²) in [4.78, 5) is 15.9. The smallest absolute Gasteiger partial charge is 0.345 e. The van der Waals surface area contributed by atoms with Gasteiger partial charge in [0.25, 0.3) is 0 Å². The molecule has 0 aliphatic heterocycles. The Bertz CT molecular complexity index is 614. The molecule has 2 aromatic rings. The van der Waals surface area contributed by atoms with Gasteiger partial charge in [-0.1, -0.05) is 12.2 Å². The van der Waals surface area contributed by atoms with Gasteiger partial charge in [0.05, 0.1) is 6.61 Å². The molecule has 0 amide bonds. The van der Waals surface area contributed by atoms with Crippen molar-refractivity contribution in [3.63, 3.8) is 0 Å². The Morgan fingerprint density at radius 2 is 2.39 bits per heavy atom. The Labute approximate surface area is 104 Å². The maximum atomic E-state index is 11.7. The van der Waals surface area contributed by atoms with Crippen LogP contribution in [0.2, 0.25) is 0 Å². The van der Waals surface area contributed by atoms with Gasteiger partial charge in [-0.15, -0.1) is 0 Å². The summed E-state index contributed by atoms with van der Waals surface area (Å²) in [6.07, 6.45) is 5.43. The lowest BCUT2D eigenvalue weighted by Crippen LogP contribution is -2.06. The van der Waals surface area contributed by atoms with Gasteiger partial charge in [0.2, 0.25) is 5.88 Å². The molecule has 0 aromatic carbocycles. The minimum atomic E-state index is -0.514. The first-order chi connectivity index (χ1) is 8.67. The van der Waals surface area contributed by atoms with Gasteiger partial charge in [0.1, 0.15) is 11.1 Å². The standard InChI is InChI=1S/C13H14N2O3/c1-3-5-8-6-9-11(15-7-8)10(12(14)18-9)13(16)17-4-2/h3,5-7H,4,14H2,1-2H3/b5-3-. The van der Waals surface area contributed by atoms with Crippen LogP contribution in [0.1, 0.15) is 29.8 Å².